The fourth-order valence-corrected chi connectivity index (χ4v) is 2.78. The second-order valence-corrected chi connectivity index (χ2v) is 5.66. The zero-order valence-electron chi connectivity index (χ0n) is 15.6. The monoisotopic (exact) mass is 449 g/mol. The average molecular weight is 449 g/mol. The molecule has 0 spiro atoms. The number of rotatable bonds is 8. The van der Waals surface area contributed by atoms with E-state index in [1.165, 1.54) is 0 Å². The fourth-order valence-electron chi connectivity index (χ4n) is 2.78. The second kappa shape index (κ2) is 16.1. The van der Waals surface area contributed by atoms with Crippen molar-refractivity contribution in [2.45, 2.75) is 33.1 Å². The summed E-state index contributed by atoms with van der Waals surface area (Å²) in [6, 6.07) is 0. The zero-order chi connectivity index (χ0) is 17.0. The maximum Gasteiger partial charge on any atom is 3.00 e. The first kappa shape index (κ1) is 25.8. The molecule has 0 aromatic heterocycles. The molecule has 1 saturated heterocycles. The van der Waals surface area contributed by atoms with Crippen molar-refractivity contribution in [1.82, 2.24) is 14.7 Å². The van der Waals surface area contributed by atoms with Crippen molar-refractivity contribution in [2.24, 2.45) is 5.92 Å². The van der Waals surface area contributed by atoms with Crippen LogP contribution in [0.1, 0.15) is 33.1 Å². The molecule has 0 atom stereocenters. The van der Waals surface area contributed by atoms with Gasteiger partial charge in [-0.25, -0.2) is 0 Å². The predicted molar refractivity (Wildman–Crippen MR) is 95.3 cm³/mol. The molecular formula is C18H36LaN3O. The quantitative estimate of drug-likeness (QED) is 0.533. The molecule has 5 heteroatoms. The molecule has 0 radical (unpaired) electrons. The van der Waals surface area contributed by atoms with E-state index < -0.39 is 0 Å². The van der Waals surface area contributed by atoms with Gasteiger partial charge in [0.1, 0.15) is 0 Å². The predicted octanol–water partition coefficient (Wildman–Crippen LogP) is 2.38. The summed E-state index contributed by atoms with van der Waals surface area (Å²) < 4.78 is 0. The number of hydrogen-bond donors (Lipinski definition) is 0. The van der Waals surface area contributed by atoms with Crippen molar-refractivity contribution in [2.75, 3.05) is 52.9 Å². The first-order valence-electron chi connectivity index (χ1n) is 8.61. The molecule has 0 unspecified atom stereocenters. The van der Waals surface area contributed by atoms with Crippen molar-refractivity contribution in [3.63, 3.8) is 0 Å². The molecule has 1 heterocycles. The van der Waals surface area contributed by atoms with Crippen LogP contribution in [0.3, 0.4) is 0 Å². The van der Waals surface area contributed by atoms with Crippen LogP contribution >= 0.6 is 0 Å². The van der Waals surface area contributed by atoms with Crippen molar-refractivity contribution in [3.05, 3.63) is 20.8 Å². The number of amides is 1. The third-order valence-electron chi connectivity index (χ3n) is 4.36. The molecular weight excluding hydrogens is 413 g/mol. The van der Waals surface area contributed by atoms with Crippen LogP contribution in [0.4, 0.5) is 0 Å². The van der Waals surface area contributed by atoms with E-state index in [9.17, 15) is 4.79 Å². The molecule has 1 rings (SSSR count). The van der Waals surface area contributed by atoms with Gasteiger partial charge in [0.05, 0.1) is 0 Å². The summed E-state index contributed by atoms with van der Waals surface area (Å²) in [4.78, 5) is 18.9. The number of carbonyl (C=O) groups is 1. The Kier molecular flexibility index (Phi) is 18.0. The largest absolute Gasteiger partial charge is 3.00 e. The van der Waals surface area contributed by atoms with E-state index in [-0.39, 0.29) is 41.5 Å². The van der Waals surface area contributed by atoms with Crippen LogP contribution in [-0.4, -0.2) is 73.5 Å². The minimum Gasteiger partial charge on any atom is -0.362 e. The first-order valence-corrected chi connectivity index (χ1v) is 8.61. The molecule has 132 valence electrons. The van der Waals surface area contributed by atoms with E-state index in [1.54, 1.807) is 6.92 Å². The summed E-state index contributed by atoms with van der Waals surface area (Å²) in [6.45, 7) is 21.6. The van der Waals surface area contributed by atoms with Crippen LogP contribution in [0, 0.1) is 62.3 Å². The number of carbonyl (C=O) groups excluding carboxylic acids is 1. The Morgan fingerprint density at radius 2 is 1.65 bits per heavy atom. The van der Waals surface area contributed by atoms with Gasteiger partial charge in [-0.1, -0.05) is 6.92 Å². The van der Waals surface area contributed by atoms with Gasteiger partial charge in [-0.3, -0.25) is 4.79 Å². The molecule has 1 aliphatic rings. The molecule has 4 nitrogen and oxygen atoms in total. The van der Waals surface area contributed by atoms with Gasteiger partial charge in [0.15, 0.2) is 0 Å². The van der Waals surface area contributed by atoms with E-state index in [0.29, 0.717) is 5.91 Å². The molecule has 0 aliphatic carbocycles. The Balaban J connectivity index is 0. The van der Waals surface area contributed by atoms with Crippen LogP contribution in [0.25, 0.3) is 0 Å². The Hall–Kier alpha value is 0.585. The molecule has 0 saturated carbocycles. The van der Waals surface area contributed by atoms with Gasteiger partial charge in [-0.15, -0.1) is 13.1 Å². The molecule has 1 fully saturated rings. The van der Waals surface area contributed by atoms with Gasteiger partial charge in [-0.05, 0) is 45.4 Å². The molecule has 0 N–H and O–H groups in total. The summed E-state index contributed by atoms with van der Waals surface area (Å²) in [6.07, 6.45) is 3.03. The van der Waals surface area contributed by atoms with Crippen LogP contribution in [-0.2, 0) is 4.79 Å². The number of nitrogens with zero attached hydrogens (tertiary/aromatic N) is 3. The standard InChI is InChI=1S/C16H31N3O.C2H5.La/c1-5-18(6-2)12-8-11-17(4)16(20)15-9-13-19(7-3)14-10-15;1-2;/h15H,1-2,5-14H2,3-4H3;1H2,2H3;/q-2;-1;+3. The van der Waals surface area contributed by atoms with Crippen molar-refractivity contribution < 1.29 is 40.4 Å². The summed E-state index contributed by atoms with van der Waals surface area (Å²) >= 11 is 0. The summed E-state index contributed by atoms with van der Waals surface area (Å²) in [7, 11) is 1.94. The van der Waals surface area contributed by atoms with Crippen LogP contribution < -0.4 is 0 Å². The molecule has 1 aliphatic heterocycles. The normalized spacial score (nSPS) is 15.6. The minimum atomic E-state index is 0. The molecule has 23 heavy (non-hydrogen) atoms. The third-order valence-corrected chi connectivity index (χ3v) is 4.36. The second-order valence-electron chi connectivity index (χ2n) is 5.66. The molecule has 1 amide bonds. The van der Waals surface area contributed by atoms with Gasteiger partial charge in [0.2, 0.25) is 5.91 Å². The van der Waals surface area contributed by atoms with Gasteiger partial charge in [0.25, 0.3) is 0 Å². The molecule has 0 bridgehead atoms. The summed E-state index contributed by atoms with van der Waals surface area (Å²) in [5.74, 6) is 0.566. The maximum absolute atomic E-state index is 12.4. The first-order chi connectivity index (χ1) is 10.6. The topological polar surface area (TPSA) is 26.8 Å². The maximum atomic E-state index is 12.4. The Morgan fingerprint density at radius 1 is 1.13 bits per heavy atom. The Morgan fingerprint density at radius 3 is 2.09 bits per heavy atom. The van der Waals surface area contributed by atoms with Crippen LogP contribution in [0.2, 0.25) is 0 Å². The van der Waals surface area contributed by atoms with Crippen LogP contribution in [0.5, 0.6) is 0 Å². The zero-order valence-corrected chi connectivity index (χ0v) is 19.2. The molecule has 0 aromatic carbocycles. The van der Waals surface area contributed by atoms with E-state index in [4.69, 9.17) is 0 Å². The van der Waals surface area contributed by atoms with Gasteiger partial charge in [0, 0.05) is 19.5 Å². The Bertz CT molecular complexity index is 277. The third kappa shape index (κ3) is 10.2. The SMILES string of the molecule is [CH2-]C.[CH2-]CN(C[CH2-])CCCN(C)C(=O)C1CCN(CC)CC1.[La+3]. The summed E-state index contributed by atoms with van der Waals surface area (Å²) in [5.41, 5.74) is 0. The number of hydrogen-bond acceptors (Lipinski definition) is 3. The van der Waals surface area contributed by atoms with E-state index >= 15 is 0 Å². The number of piperidine rings is 1. The van der Waals surface area contributed by atoms with E-state index in [0.717, 1.165) is 65.1 Å². The van der Waals surface area contributed by atoms with E-state index in [1.807, 2.05) is 11.9 Å². The van der Waals surface area contributed by atoms with Crippen molar-refractivity contribution in [3.8, 4) is 0 Å². The van der Waals surface area contributed by atoms with Gasteiger partial charge < -0.3 is 35.5 Å². The number of likely N-dealkylation sites (tertiary alicyclic amines) is 1. The van der Waals surface area contributed by atoms with Gasteiger partial charge in [-0.2, -0.15) is 6.92 Å². The van der Waals surface area contributed by atoms with E-state index in [2.05, 4.69) is 37.5 Å². The summed E-state index contributed by atoms with van der Waals surface area (Å²) in [5, 5.41) is 0. The smallest absolute Gasteiger partial charge is 0.362 e. The average Bonchev–Trinajstić information content (AvgIpc) is 2.59. The molecule has 0 aromatic rings. The van der Waals surface area contributed by atoms with Crippen molar-refractivity contribution in [1.29, 1.82) is 0 Å². The van der Waals surface area contributed by atoms with Gasteiger partial charge >= 0.3 is 35.6 Å². The fraction of sp³-hybridized carbons (Fsp3) is 0.778. The van der Waals surface area contributed by atoms with Crippen LogP contribution in [0.15, 0.2) is 0 Å². The van der Waals surface area contributed by atoms with Crippen molar-refractivity contribution >= 4 is 5.91 Å². The minimum absolute atomic E-state index is 0. The Labute approximate surface area is 172 Å².